The molecule has 0 fully saturated rings. The molecule has 130 valence electrons. The molecule has 4 rings (SSSR count). The third-order valence-electron chi connectivity index (χ3n) is 4.27. The van der Waals surface area contributed by atoms with Crippen LogP contribution < -0.4 is 10.9 Å². The molecule has 0 spiro atoms. The molecule has 2 aromatic heterocycles. The van der Waals surface area contributed by atoms with Crippen LogP contribution in [0.25, 0.3) is 21.8 Å². The summed E-state index contributed by atoms with van der Waals surface area (Å²) in [6.45, 7) is 0.811. The fourth-order valence-corrected chi connectivity index (χ4v) is 2.96. The van der Waals surface area contributed by atoms with Gasteiger partial charge in [0.1, 0.15) is 12.1 Å². The van der Waals surface area contributed by atoms with E-state index in [1.807, 2.05) is 47.2 Å². The molecule has 1 amide bonds. The minimum atomic E-state index is -0.207. The molecule has 1 N–H and O–H groups in total. The average molecular weight is 347 g/mol. The van der Waals surface area contributed by atoms with Crippen LogP contribution in [-0.4, -0.2) is 32.0 Å². The Bertz CT molecular complexity index is 1150. The maximum absolute atomic E-state index is 12.4. The van der Waals surface area contributed by atoms with Crippen molar-refractivity contribution in [3.8, 4) is 0 Å². The van der Waals surface area contributed by atoms with Gasteiger partial charge in [0, 0.05) is 18.3 Å². The van der Waals surface area contributed by atoms with Crippen LogP contribution in [0.15, 0.2) is 65.6 Å². The monoisotopic (exact) mass is 347 g/mol. The van der Waals surface area contributed by atoms with Crippen LogP contribution >= 0.6 is 0 Å². The lowest BCUT2D eigenvalue weighted by molar-refractivity contribution is -0.121. The van der Waals surface area contributed by atoms with E-state index in [4.69, 9.17) is 0 Å². The third kappa shape index (κ3) is 3.06. The van der Waals surface area contributed by atoms with Gasteiger partial charge in [-0.3, -0.25) is 9.59 Å². The molecule has 0 aliphatic heterocycles. The largest absolute Gasteiger partial charge is 0.353 e. The van der Waals surface area contributed by atoms with Crippen molar-refractivity contribution >= 4 is 27.7 Å². The Morgan fingerprint density at radius 1 is 1.04 bits per heavy atom. The van der Waals surface area contributed by atoms with Gasteiger partial charge in [-0.15, -0.1) is 5.10 Å². The first-order valence-corrected chi connectivity index (χ1v) is 8.35. The number of para-hydroxylation sites is 1. The van der Waals surface area contributed by atoms with Crippen LogP contribution in [0.1, 0.15) is 0 Å². The van der Waals surface area contributed by atoms with Crippen LogP contribution in [0, 0.1) is 0 Å². The Morgan fingerprint density at radius 3 is 2.77 bits per heavy atom. The zero-order valence-corrected chi connectivity index (χ0v) is 14.0. The summed E-state index contributed by atoms with van der Waals surface area (Å²) in [5, 5.41) is 12.4. The van der Waals surface area contributed by atoms with Gasteiger partial charge in [0.25, 0.3) is 5.56 Å². The van der Waals surface area contributed by atoms with Gasteiger partial charge >= 0.3 is 0 Å². The molecular weight excluding hydrogens is 330 g/mol. The number of amides is 1. The third-order valence-corrected chi connectivity index (χ3v) is 4.27. The maximum atomic E-state index is 12.4. The Labute approximate surface area is 148 Å². The molecule has 2 aromatic carbocycles. The Hall–Kier alpha value is -3.48. The summed E-state index contributed by atoms with van der Waals surface area (Å²) in [6, 6.07) is 16.9. The molecule has 4 aromatic rings. The van der Waals surface area contributed by atoms with Gasteiger partial charge in [0.05, 0.1) is 11.9 Å². The number of nitrogens with zero attached hydrogens (tertiary/aromatic N) is 4. The molecule has 0 bridgehead atoms. The van der Waals surface area contributed by atoms with Crippen molar-refractivity contribution in [3.63, 3.8) is 0 Å². The molecule has 7 heteroatoms. The lowest BCUT2D eigenvalue weighted by Gasteiger charge is -2.08. The number of benzene rings is 2. The number of fused-ring (bicyclic) bond motifs is 2. The summed E-state index contributed by atoms with van der Waals surface area (Å²) in [4.78, 5) is 24.5. The summed E-state index contributed by atoms with van der Waals surface area (Å²) in [5.41, 5.74) is 1.37. The molecular formula is C19H17N5O2. The summed E-state index contributed by atoms with van der Waals surface area (Å²) in [6.07, 6.45) is 1.89. The van der Waals surface area contributed by atoms with E-state index in [2.05, 4.69) is 15.6 Å². The quantitative estimate of drug-likeness (QED) is 0.594. The van der Waals surface area contributed by atoms with E-state index in [-0.39, 0.29) is 24.6 Å². The first-order chi connectivity index (χ1) is 12.7. The first kappa shape index (κ1) is 16.0. The highest BCUT2D eigenvalue weighted by molar-refractivity contribution is 5.83. The molecule has 26 heavy (non-hydrogen) atoms. The second-order valence-electron chi connectivity index (χ2n) is 5.99. The zero-order chi connectivity index (χ0) is 17.9. The van der Waals surface area contributed by atoms with Crippen LogP contribution in [0.4, 0.5) is 0 Å². The summed E-state index contributed by atoms with van der Waals surface area (Å²) < 4.78 is 3.17. The average Bonchev–Trinajstić information content (AvgIpc) is 3.07. The minimum absolute atomic E-state index is 0.117. The second-order valence-corrected chi connectivity index (χ2v) is 5.99. The Morgan fingerprint density at radius 2 is 1.85 bits per heavy atom. The van der Waals surface area contributed by atoms with E-state index >= 15 is 0 Å². The molecule has 0 radical (unpaired) electrons. The van der Waals surface area contributed by atoms with Gasteiger partial charge in [-0.2, -0.15) is 0 Å². The molecule has 0 atom stereocenters. The van der Waals surface area contributed by atoms with E-state index in [9.17, 15) is 9.59 Å². The lowest BCUT2D eigenvalue weighted by Crippen LogP contribution is -2.34. The fraction of sp³-hybridized carbons (Fsp3) is 0.158. The number of aromatic nitrogens is 4. The van der Waals surface area contributed by atoms with Gasteiger partial charge in [-0.05, 0) is 29.7 Å². The van der Waals surface area contributed by atoms with E-state index in [1.54, 1.807) is 18.2 Å². The van der Waals surface area contributed by atoms with Crippen molar-refractivity contribution in [1.29, 1.82) is 0 Å². The van der Waals surface area contributed by atoms with Crippen molar-refractivity contribution in [3.05, 3.63) is 71.1 Å². The van der Waals surface area contributed by atoms with Gasteiger partial charge < -0.3 is 9.88 Å². The van der Waals surface area contributed by atoms with Crippen molar-refractivity contribution < 1.29 is 4.79 Å². The van der Waals surface area contributed by atoms with Crippen molar-refractivity contribution in [2.45, 2.75) is 13.1 Å². The first-order valence-electron chi connectivity index (χ1n) is 8.35. The highest BCUT2D eigenvalue weighted by Crippen LogP contribution is 2.14. The Kier molecular flexibility index (Phi) is 4.18. The minimum Gasteiger partial charge on any atom is -0.353 e. The number of hydrogen-bond donors (Lipinski definition) is 1. The summed E-state index contributed by atoms with van der Waals surface area (Å²) in [7, 11) is 0. The molecule has 0 aliphatic rings. The molecule has 0 saturated heterocycles. The smallest absolute Gasteiger partial charge is 0.277 e. The fourth-order valence-electron chi connectivity index (χ4n) is 2.96. The van der Waals surface area contributed by atoms with Crippen molar-refractivity contribution in [1.82, 2.24) is 24.9 Å². The number of hydrogen-bond acceptors (Lipinski definition) is 4. The highest BCUT2D eigenvalue weighted by atomic mass is 16.2. The lowest BCUT2D eigenvalue weighted by atomic mass is 10.2. The SMILES string of the molecule is O=C(Cn1ccc2ccccc21)NCCn1nnc2ccccc2c1=O. The van der Waals surface area contributed by atoms with Gasteiger partial charge in [0.15, 0.2) is 0 Å². The molecule has 2 heterocycles. The zero-order valence-electron chi connectivity index (χ0n) is 14.0. The molecule has 0 unspecified atom stereocenters. The van der Waals surface area contributed by atoms with Crippen LogP contribution in [0.3, 0.4) is 0 Å². The van der Waals surface area contributed by atoms with E-state index in [1.165, 1.54) is 4.68 Å². The maximum Gasteiger partial charge on any atom is 0.277 e. The summed E-state index contributed by atoms with van der Waals surface area (Å²) >= 11 is 0. The number of carbonyl (C=O) groups is 1. The molecule has 0 aliphatic carbocycles. The van der Waals surface area contributed by atoms with E-state index < -0.39 is 0 Å². The predicted octanol–water partition coefficient (Wildman–Crippen LogP) is 1.56. The highest BCUT2D eigenvalue weighted by Gasteiger charge is 2.07. The van der Waals surface area contributed by atoms with Gasteiger partial charge in [-0.25, -0.2) is 4.68 Å². The number of rotatable bonds is 5. The molecule has 7 nitrogen and oxygen atoms in total. The van der Waals surface area contributed by atoms with Crippen LogP contribution in [0.2, 0.25) is 0 Å². The topological polar surface area (TPSA) is 81.8 Å². The predicted molar refractivity (Wildman–Crippen MR) is 98.7 cm³/mol. The van der Waals surface area contributed by atoms with E-state index in [0.29, 0.717) is 17.4 Å². The van der Waals surface area contributed by atoms with Gasteiger partial charge in [-0.1, -0.05) is 35.5 Å². The standard InChI is InChI=1S/C19H17N5O2/c25-18(13-23-11-9-14-5-1-4-8-17(14)23)20-10-12-24-19(26)15-6-2-3-7-16(15)21-22-24/h1-9,11H,10,12-13H2,(H,20,25). The number of carbonyl (C=O) groups excluding carboxylic acids is 1. The van der Waals surface area contributed by atoms with Crippen LogP contribution in [0.5, 0.6) is 0 Å². The molecule has 0 saturated carbocycles. The summed E-state index contributed by atoms with van der Waals surface area (Å²) in [5.74, 6) is -0.117. The number of nitrogens with one attached hydrogen (secondary N) is 1. The van der Waals surface area contributed by atoms with Crippen LogP contribution in [-0.2, 0) is 17.9 Å². The van der Waals surface area contributed by atoms with Crippen molar-refractivity contribution in [2.75, 3.05) is 6.54 Å². The second kappa shape index (κ2) is 6.79. The normalized spacial score (nSPS) is 11.1. The van der Waals surface area contributed by atoms with Crippen molar-refractivity contribution in [2.24, 2.45) is 0 Å². The Balaban J connectivity index is 1.39. The van der Waals surface area contributed by atoms with Gasteiger partial charge in [0.2, 0.25) is 5.91 Å². The van der Waals surface area contributed by atoms with E-state index in [0.717, 1.165) is 10.9 Å².